The normalized spacial score (nSPS) is 10.9. The number of carbonyl (C=O) groups is 1. The van der Waals surface area contributed by atoms with Crippen molar-refractivity contribution in [2.45, 2.75) is 6.92 Å². The molecule has 5 rings (SSSR count). The Morgan fingerprint density at radius 3 is 2.21 bits per heavy atom. The molecule has 162 valence electrons. The van der Waals surface area contributed by atoms with Gasteiger partial charge in [0.15, 0.2) is 0 Å². The fraction of sp³-hybridized carbons (Fsp3) is 0.0417. The second-order valence-corrected chi connectivity index (χ2v) is 7.37. The maximum Gasteiger partial charge on any atom is 0.269 e. The van der Waals surface area contributed by atoms with Crippen LogP contribution in [0.3, 0.4) is 0 Å². The summed E-state index contributed by atoms with van der Waals surface area (Å²) in [5.74, 6) is 0.232. The Hall–Kier alpha value is -4.79. The van der Waals surface area contributed by atoms with Gasteiger partial charge in [-0.3, -0.25) is 34.8 Å². The van der Waals surface area contributed by atoms with Gasteiger partial charge in [0, 0.05) is 5.56 Å². The van der Waals surface area contributed by atoms with Crippen molar-refractivity contribution < 1.29 is 4.79 Å². The Balaban J connectivity index is 1.37. The van der Waals surface area contributed by atoms with Gasteiger partial charge in [-0.05, 0) is 55.5 Å². The Bertz CT molecular complexity index is 1640. The Morgan fingerprint density at radius 1 is 0.848 bits per heavy atom. The number of anilines is 1. The van der Waals surface area contributed by atoms with Crippen molar-refractivity contribution in [3.8, 4) is 5.69 Å². The van der Waals surface area contributed by atoms with Crippen LogP contribution in [0.1, 0.15) is 16.2 Å². The topological polar surface area (TPSA) is 122 Å². The third kappa shape index (κ3) is 3.72. The van der Waals surface area contributed by atoms with Crippen LogP contribution in [-0.4, -0.2) is 25.4 Å². The second-order valence-electron chi connectivity index (χ2n) is 7.37. The van der Waals surface area contributed by atoms with E-state index in [1.54, 1.807) is 73.7 Å². The molecule has 2 heterocycles. The van der Waals surface area contributed by atoms with Crippen molar-refractivity contribution in [3.63, 3.8) is 0 Å². The van der Waals surface area contributed by atoms with Crippen LogP contribution in [0.2, 0.25) is 0 Å². The van der Waals surface area contributed by atoms with Crippen molar-refractivity contribution in [2.75, 3.05) is 5.43 Å². The Kier molecular flexibility index (Phi) is 4.91. The maximum atomic E-state index is 12.9. The van der Waals surface area contributed by atoms with E-state index < -0.39 is 5.91 Å². The minimum Gasteiger partial charge on any atom is -0.291 e. The lowest BCUT2D eigenvalue weighted by atomic mass is 10.2. The molecule has 1 amide bonds. The molecule has 9 heteroatoms. The molecule has 3 N–H and O–H groups in total. The summed E-state index contributed by atoms with van der Waals surface area (Å²) in [6, 6.07) is 20.6. The molecule has 5 aromatic rings. The lowest BCUT2D eigenvalue weighted by Crippen LogP contribution is -2.31. The molecule has 0 aliphatic carbocycles. The van der Waals surface area contributed by atoms with Gasteiger partial charge in [-0.1, -0.05) is 24.3 Å². The zero-order chi connectivity index (χ0) is 22.9. The van der Waals surface area contributed by atoms with Gasteiger partial charge < -0.3 is 0 Å². The number of para-hydroxylation sites is 2. The molecule has 0 radical (unpaired) electrons. The molecule has 0 bridgehead atoms. The zero-order valence-electron chi connectivity index (χ0n) is 17.5. The molecule has 0 saturated carbocycles. The molecule has 33 heavy (non-hydrogen) atoms. The van der Waals surface area contributed by atoms with Crippen molar-refractivity contribution in [1.82, 2.24) is 24.9 Å². The van der Waals surface area contributed by atoms with Gasteiger partial charge in [0.05, 0.1) is 27.5 Å². The van der Waals surface area contributed by atoms with Gasteiger partial charge in [0.25, 0.3) is 17.0 Å². The van der Waals surface area contributed by atoms with Crippen molar-refractivity contribution in [2.24, 2.45) is 0 Å². The molecule has 0 fully saturated rings. The average molecular weight is 438 g/mol. The number of carbonyl (C=O) groups excluding carboxylic acids is 1. The number of aromatic amines is 1. The van der Waals surface area contributed by atoms with E-state index in [9.17, 15) is 14.4 Å². The number of rotatable bonds is 4. The van der Waals surface area contributed by atoms with Gasteiger partial charge in [-0.15, -0.1) is 0 Å². The smallest absolute Gasteiger partial charge is 0.269 e. The van der Waals surface area contributed by atoms with Gasteiger partial charge >= 0.3 is 0 Å². The summed E-state index contributed by atoms with van der Waals surface area (Å²) in [7, 11) is 0. The number of aromatic nitrogens is 4. The quantitative estimate of drug-likeness (QED) is 0.371. The van der Waals surface area contributed by atoms with Crippen molar-refractivity contribution in [1.29, 1.82) is 0 Å². The van der Waals surface area contributed by atoms with Crippen LogP contribution in [0, 0.1) is 6.92 Å². The summed E-state index contributed by atoms with van der Waals surface area (Å²) in [6.07, 6.45) is 0. The minimum atomic E-state index is -0.432. The molecule has 0 unspecified atom stereocenters. The number of fused-ring (bicyclic) bond motifs is 2. The van der Waals surface area contributed by atoms with Crippen LogP contribution in [0.15, 0.2) is 82.4 Å². The van der Waals surface area contributed by atoms with E-state index in [4.69, 9.17) is 0 Å². The Morgan fingerprint density at radius 2 is 1.48 bits per heavy atom. The number of benzene rings is 3. The molecule has 2 aromatic heterocycles. The highest BCUT2D eigenvalue weighted by molar-refractivity contribution is 5.95. The number of hydrogen-bond donors (Lipinski definition) is 3. The first-order valence-electron chi connectivity index (χ1n) is 10.2. The summed E-state index contributed by atoms with van der Waals surface area (Å²) in [5, 5.41) is 0.977. The summed E-state index contributed by atoms with van der Waals surface area (Å²) in [6.45, 7) is 1.76. The SMILES string of the molecule is Cc1nc2ccccc2c(=O)n1-c1ccc(C(=O)NNc2nc3ccccc3c(=O)[nH]2)cc1. The number of aryl methyl sites for hydroxylation is 1. The van der Waals surface area contributed by atoms with Crippen LogP contribution in [0.5, 0.6) is 0 Å². The van der Waals surface area contributed by atoms with E-state index in [1.807, 2.05) is 6.07 Å². The summed E-state index contributed by atoms with van der Waals surface area (Å²) < 4.78 is 1.51. The summed E-state index contributed by atoms with van der Waals surface area (Å²) >= 11 is 0. The highest BCUT2D eigenvalue weighted by Gasteiger charge is 2.11. The highest BCUT2D eigenvalue weighted by Crippen LogP contribution is 2.14. The number of hydrazine groups is 1. The lowest BCUT2D eigenvalue weighted by molar-refractivity contribution is 0.0962. The van der Waals surface area contributed by atoms with Crippen LogP contribution in [-0.2, 0) is 0 Å². The van der Waals surface area contributed by atoms with Crippen LogP contribution >= 0.6 is 0 Å². The third-order valence-corrected chi connectivity index (χ3v) is 5.24. The number of nitrogens with one attached hydrogen (secondary N) is 3. The molecule has 0 spiro atoms. The van der Waals surface area contributed by atoms with Gasteiger partial charge in [-0.25, -0.2) is 9.97 Å². The molecule has 3 aromatic carbocycles. The third-order valence-electron chi connectivity index (χ3n) is 5.24. The fourth-order valence-electron chi connectivity index (χ4n) is 3.64. The predicted molar refractivity (Wildman–Crippen MR) is 126 cm³/mol. The molecule has 0 aliphatic heterocycles. The number of nitrogens with zero attached hydrogens (tertiary/aromatic N) is 3. The monoisotopic (exact) mass is 438 g/mol. The van der Waals surface area contributed by atoms with Gasteiger partial charge in [0.2, 0.25) is 5.95 Å². The number of hydrogen-bond acceptors (Lipinski definition) is 6. The van der Waals surface area contributed by atoms with Crippen LogP contribution in [0.4, 0.5) is 5.95 Å². The van der Waals surface area contributed by atoms with E-state index in [0.29, 0.717) is 38.9 Å². The van der Waals surface area contributed by atoms with E-state index in [1.165, 1.54) is 4.57 Å². The van der Waals surface area contributed by atoms with Gasteiger partial charge in [0.1, 0.15) is 5.82 Å². The minimum absolute atomic E-state index is 0.119. The average Bonchev–Trinajstić information content (AvgIpc) is 2.83. The Labute approximate surface area is 186 Å². The van der Waals surface area contributed by atoms with Gasteiger partial charge in [-0.2, -0.15) is 0 Å². The largest absolute Gasteiger partial charge is 0.291 e. The molecule has 0 atom stereocenters. The predicted octanol–water partition coefficient (Wildman–Crippen LogP) is 2.69. The maximum absolute atomic E-state index is 12.9. The second kappa shape index (κ2) is 8.04. The van der Waals surface area contributed by atoms with Crippen molar-refractivity contribution in [3.05, 3.63) is 105 Å². The number of H-pyrrole nitrogens is 1. The number of amides is 1. The molecular weight excluding hydrogens is 420 g/mol. The van der Waals surface area contributed by atoms with E-state index in [2.05, 4.69) is 25.8 Å². The summed E-state index contributed by atoms with van der Waals surface area (Å²) in [4.78, 5) is 49.0. The zero-order valence-corrected chi connectivity index (χ0v) is 17.5. The lowest BCUT2D eigenvalue weighted by Gasteiger charge is -2.12. The van der Waals surface area contributed by atoms with E-state index in [0.717, 1.165) is 0 Å². The van der Waals surface area contributed by atoms with Crippen LogP contribution < -0.4 is 22.0 Å². The van der Waals surface area contributed by atoms with Crippen LogP contribution in [0.25, 0.3) is 27.5 Å². The van der Waals surface area contributed by atoms with E-state index >= 15 is 0 Å². The fourth-order valence-corrected chi connectivity index (χ4v) is 3.64. The first kappa shape index (κ1) is 20.1. The molecule has 9 nitrogen and oxygen atoms in total. The highest BCUT2D eigenvalue weighted by atomic mass is 16.2. The summed E-state index contributed by atoms with van der Waals surface area (Å²) in [5.41, 5.74) is 6.75. The van der Waals surface area contributed by atoms with E-state index in [-0.39, 0.29) is 17.1 Å². The van der Waals surface area contributed by atoms with Crippen molar-refractivity contribution >= 4 is 33.7 Å². The first-order valence-corrected chi connectivity index (χ1v) is 10.2. The molecule has 0 aliphatic rings. The molecule has 0 saturated heterocycles. The standard InChI is InChI=1S/C24H18N6O3/c1-14-25-20-9-5-3-7-18(20)23(33)30(14)16-12-10-15(11-13-16)21(31)28-29-24-26-19-8-4-2-6-17(19)22(32)27-24/h2-13H,1H3,(H,28,31)(H2,26,27,29,32). The molecular formula is C24H18N6O3. The first-order chi connectivity index (χ1) is 16.0.